The number of aryl methyl sites for hydroxylation is 1. The lowest BCUT2D eigenvalue weighted by atomic mass is 9.90. The van der Waals surface area contributed by atoms with E-state index in [1.54, 1.807) is 17.0 Å². The molecule has 0 aliphatic carbocycles. The molecule has 0 radical (unpaired) electrons. The Morgan fingerprint density at radius 1 is 1.22 bits per heavy atom. The number of benzene rings is 1. The van der Waals surface area contributed by atoms with E-state index in [1.165, 1.54) is 11.8 Å². The maximum atomic E-state index is 12.8. The fourth-order valence-corrected chi connectivity index (χ4v) is 3.73. The molecule has 0 saturated carbocycles. The molecule has 138 valence electrons. The second-order valence-corrected chi connectivity index (χ2v) is 7.07. The maximum absolute atomic E-state index is 12.8. The zero-order valence-corrected chi connectivity index (χ0v) is 15.2. The van der Waals surface area contributed by atoms with Gasteiger partial charge in [-0.1, -0.05) is 29.8 Å². The SMILES string of the molecule is Cc1ccc(-c2cn[nH]c2[C@H]2CCCN(C(=O)c3ccc[nH]c3=O)C2)cc1. The standard InChI is InChI=1S/C21H22N4O2/c1-14-6-8-15(9-7-14)18-12-23-24-19(18)16-4-3-11-25(13-16)21(27)17-5-2-10-22-20(17)26/h2,5-10,12,16H,3-4,11,13H2,1H3,(H,22,26)(H,23,24)/t16-/m0/s1. The Balaban J connectivity index is 1.59. The van der Waals surface area contributed by atoms with Crippen molar-refractivity contribution in [3.05, 3.63) is 76.0 Å². The van der Waals surface area contributed by atoms with Crippen molar-refractivity contribution in [3.8, 4) is 11.1 Å². The van der Waals surface area contributed by atoms with Gasteiger partial charge in [-0.05, 0) is 37.5 Å². The molecule has 1 fully saturated rings. The molecule has 1 atom stereocenters. The number of hydrogen-bond donors (Lipinski definition) is 2. The van der Waals surface area contributed by atoms with Crippen LogP contribution in [-0.4, -0.2) is 39.1 Å². The van der Waals surface area contributed by atoms with Crippen molar-refractivity contribution in [1.82, 2.24) is 20.1 Å². The van der Waals surface area contributed by atoms with E-state index in [9.17, 15) is 9.59 Å². The predicted octanol–water partition coefficient (Wildman–Crippen LogP) is 3.09. The normalized spacial score (nSPS) is 17.1. The molecule has 1 amide bonds. The van der Waals surface area contributed by atoms with Crippen LogP contribution in [0.2, 0.25) is 0 Å². The number of rotatable bonds is 3. The molecule has 3 heterocycles. The van der Waals surface area contributed by atoms with Crippen LogP contribution in [0.1, 0.15) is 40.4 Å². The van der Waals surface area contributed by atoms with Gasteiger partial charge in [0.05, 0.1) is 6.20 Å². The molecule has 4 rings (SSSR count). The molecule has 0 spiro atoms. The van der Waals surface area contributed by atoms with Gasteiger partial charge in [0.15, 0.2) is 0 Å². The molecule has 6 nitrogen and oxygen atoms in total. The number of nitrogens with one attached hydrogen (secondary N) is 2. The zero-order valence-electron chi connectivity index (χ0n) is 15.2. The minimum absolute atomic E-state index is 0.171. The van der Waals surface area contributed by atoms with Crippen LogP contribution in [0.25, 0.3) is 11.1 Å². The van der Waals surface area contributed by atoms with Gasteiger partial charge in [-0.15, -0.1) is 0 Å². The van der Waals surface area contributed by atoms with E-state index in [2.05, 4.69) is 46.4 Å². The molecule has 1 saturated heterocycles. The molecule has 1 aliphatic rings. The second kappa shape index (κ2) is 7.23. The number of amides is 1. The molecule has 1 aromatic carbocycles. The number of carbonyl (C=O) groups is 1. The van der Waals surface area contributed by atoms with Gasteiger partial charge in [0.1, 0.15) is 5.56 Å². The van der Waals surface area contributed by atoms with Gasteiger partial charge in [-0.25, -0.2) is 0 Å². The smallest absolute Gasteiger partial charge is 0.260 e. The minimum atomic E-state index is -0.341. The van der Waals surface area contributed by atoms with Crippen LogP contribution in [0, 0.1) is 6.92 Å². The molecule has 0 unspecified atom stereocenters. The lowest BCUT2D eigenvalue weighted by molar-refractivity contribution is 0.0704. The highest BCUT2D eigenvalue weighted by Crippen LogP contribution is 2.33. The van der Waals surface area contributed by atoms with E-state index in [1.807, 2.05) is 6.20 Å². The van der Waals surface area contributed by atoms with Crippen molar-refractivity contribution in [3.63, 3.8) is 0 Å². The van der Waals surface area contributed by atoms with Crippen LogP contribution in [0.5, 0.6) is 0 Å². The molecule has 3 aromatic rings. The predicted molar refractivity (Wildman–Crippen MR) is 104 cm³/mol. The highest BCUT2D eigenvalue weighted by atomic mass is 16.2. The quantitative estimate of drug-likeness (QED) is 0.751. The summed E-state index contributed by atoms with van der Waals surface area (Å²) in [4.78, 5) is 29.1. The van der Waals surface area contributed by atoms with Crippen LogP contribution < -0.4 is 5.56 Å². The van der Waals surface area contributed by atoms with Gasteiger partial charge in [-0.3, -0.25) is 14.7 Å². The summed E-state index contributed by atoms with van der Waals surface area (Å²) >= 11 is 0. The molecule has 2 aromatic heterocycles. The van der Waals surface area contributed by atoms with E-state index in [-0.39, 0.29) is 22.9 Å². The average Bonchev–Trinajstić information content (AvgIpc) is 3.18. The fourth-order valence-electron chi connectivity index (χ4n) is 3.73. The van der Waals surface area contributed by atoms with Crippen molar-refractivity contribution in [1.29, 1.82) is 0 Å². The summed E-state index contributed by atoms with van der Waals surface area (Å²) in [5.74, 6) is -0.0396. The molecule has 6 heteroatoms. The van der Waals surface area contributed by atoms with Crippen molar-refractivity contribution >= 4 is 5.91 Å². The summed E-state index contributed by atoms with van der Waals surface area (Å²) in [6.07, 6.45) is 5.27. The van der Waals surface area contributed by atoms with E-state index in [0.29, 0.717) is 13.1 Å². The molecule has 2 N–H and O–H groups in total. The van der Waals surface area contributed by atoms with Crippen molar-refractivity contribution < 1.29 is 4.79 Å². The van der Waals surface area contributed by atoms with Crippen molar-refractivity contribution in [2.24, 2.45) is 0 Å². The fraction of sp³-hybridized carbons (Fsp3) is 0.286. The van der Waals surface area contributed by atoms with E-state index < -0.39 is 0 Å². The van der Waals surface area contributed by atoms with E-state index in [4.69, 9.17) is 0 Å². The van der Waals surface area contributed by atoms with Crippen molar-refractivity contribution in [2.75, 3.05) is 13.1 Å². The Bertz CT molecular complexity index is 1000. The Hall–Kier alpha value is -3.15. The first kappa shape index (κ1) is 17.3. The van der Waals surface area contributed by atoms with Gasteiger partial charge < -0.3 is 9.88 Å². The monoisotopic (exact) mass is 362 g/mol. The number of carbonyl (C=O) groups excluding carboxylic acids is 1. The molecule has 0 bridgehead atoms. The number of pyridine rings is 1. The summed E-state index contributed by atoms with van der Waals surface area (Å²) in [5, 5.41) is 7.40. The third-order valence-electron chi connectivity index (χ3n) is 5.20. The lowest BCUT2D eigenvalue weighted by Gasteiger charge is -2.32. The molecular weight excluding hydrogens is 340 g/mol. The first-order valence-electron chi connectivity index (χ1n) is 9.21. The average molecular weight is 362 g/mol. The van der Waals surface area contributed by atoms with E-state index in [0.717, 1.165) is 29.7 Å². The number of aromatic amines is 2. The number of piperidine rings is 1. The van der Waals surface area contributed by atoms with Crippen LogP contribution in [-0.2, 0) is 0 Å². The topological polar surface area (TPSA) is 81.8 Å². The van der Waals surface area contributed by atoms with Gasteiger partial charge in [-0.2, -0.15) is 5.10 Å². The summed E-state index contributed by atoms with van der Waals surface area (Å²) in [6.45, 7) is 3.31. The first-order chi connectivity index (χ1) is 13.1. The number of hydrogen-bond acceptors (Lipinski definition) is 3. The molecule has 1 aliphatic heterocycles. The van der Waals surface area contributed by atoms with Crippen LogP contribution in [0.15, 0.2) is 53.6 Å². The van der Waals surface area contributed by atoms with E-state index >= 15 is 0 Å². The van der Waals surface area contributed by atoms with Gasteiger partial charge in [0.25, 0.3) is 11.5 Å². The summed E-state index contributed by atoms with van der Waals surface area (Å²) in [7, 11) is 0. The Morgan fingerprint density at radius 3 is 2.81 bits per heavy atom. The summed E-state index contributed by atoms with van der Waals surface area (Å²) in [5.41, 5.74) is 4.32. The largest absolute Gasteiger partial charge is 0.338 e. The number of aromatic nitrogens is 3. The molecule has 27 heavy (non-hydrogen) atoms. The Kier molecular flexibility index (Phi) is 4.62. The first-order valence-corrected chi connectivity index (χ1v) is 9.21. The van der Waals surface area contributed by atoms with Crippen LogP contribution in [0.3, 0.4) is 0 Å². The lowest BCUT2D eigenvalue weighted by Crippen LogP contribution is -2.41. The maximum Gasteiger partial charge on any atom is 0.260 e. The third-order valence-corrected chi connectivity index (χ3v) is 5.20. The number of likely N-dealkylation sites (tertiary alicyclic amines) is 1. The second-order valence-electron chi connectivity index (χ2n) is 7.07. The van der Waals surface area contributed by atoms with Crippen LogP contribution >= 0.6 is 0 Å². The molecular formula is C21H22N4O2. The zero-order chi connectivity index (χ0) is 18.8. The highest BCUT2D eigenvalue weighted by molar-refractivity contribution is 5.93. The van der Waals surface area contributed by atoms with Gasteiger partial charge >= 0.3 is 0 Å². The summed E-state index contributed by atoms with van der Waals surface area (Å²) in [6, 6.07) is 11.6. The number of H-pyrrole nitrogens is 2. The number of nitrogens with zero attached hydrogens (tertiary/aromatic N) is 2. The summed E-state index contributed by atoms with van der Waals surface area (Å²) < 4.78 is 0. The Morgan fingerprint density at radius 2 is 2.04 bits per heavy atom. The van der Waals surface area contributed by atoms with Crippen LogP contribution in [0.4, 0.5) is 0 Å². The highest BCUT2D eigenvalue weighted by Gasteiger charge is 2.29. The Labute approximate surface area is 157 Å². The van der Waals surface area contributed by atoms with Crippen molar-refractivity contribution in [2.45, 2.75) is 25.7 Å². The van der Waals surface area contributed by atoms with Gasteiger partial charge in [0, 0.05) is 36.5 Å². The van der Waals surface area contributed by atoms with Gasteiger partial charge in [0.2, 0.25) is 0 Å². The minimum Gasteiger partial charge on any atom is -0.338 e. The third kappa shape index (κ3) is 3.43.